The van der Waals surface area contributed by atoms with Gasteiger partial charge in [-0.3, -0.25) is 9.59 Å². The number of carboxylic acids is 1. The fourth-order valence-corrected chi connectivity index (χ4v) is 12.2. The molecule has 5 aliphatic rings. The minimum absolute atomic E-state index is 0.131. The van der Waals surface area contributed by atoms with Gasteiger partial charge in [0, 0.05) is 22.8 Å². The number of allylic oxidation sites excluding steroid dienone is 1. The Bertz CT molecular complexity index is 1520. The topological polar surface area (TPSA) is 142 Å². The maximum atomic E-state index is 13.5. The lowest BCUT2D eigenvalue weighted by Gasteiger charge is -2.71. The van der Waals surface area contributed by atoms with Crippen LogP contribution in [0.5, 0.6) is 0 Å². The van der Waals surface area contributed by atoms with Gasteiger partial charge in [0.1, 0.15) is 6.04 Å². The van der Waals surface area contributed by atoms with Gasteiger partial charge in [-0.2, -0.15) is 4.80 Å². The predicted octanol–water partition coefficient (Wildman–Crippen LogP) is 7.15. The molecular weight excluding hydrogens is 630 g/mol. The maximum absolute atomic E-state index is 13.5. The number of ether oxygens (including phenoxy) is 2. The molecule has 1 aromatic heterocycles. The first-order chi connectivity index (χ1) is 23.2. The van der Waals surface area contributed by atoms with Crippen LogP contribution in [0.15, 0.2) is 11.6 Å². The number of aromatic nitrogens is 4. The van der Waals surface area contributed by atoms with E-state index in [9.17, 15) is 14.7 Å². The van der Waals surface area contributed by atoms with Crippen LogP contribution in [0.4, 0.5) is 0 Å². The molecule has 10 nitrogen and oxygen atoms in total. The van der Waals surface area contributed by atoms with E-state index in [1.54, 1.807) is 4.80 Å². The molecule has 0 aromatic carbocycles. The highest BCUT2D eigenvalue weighted by Gasteiger charge is 2.72. The van der Waals surface area contributed by atoms with Gasteiger partial charge in [-0.05, 0) is 96.5 Å². The van der Waals surface area contributed by atoms with Crippen LogP contribution in [0.1, 0.15) is 138 Å². The number of hydrogen-bond donors (Lipinski definition) is 2. The Morgan fingerprint density at radius 1 is 1.10 bits per heavy atom. The smallest absolute Gasteiger partial charge is 0.307 e. The Morgan fingerprint density at radius 2 is 1.80 bits per heavy atom. The summed E-state index contributed by atoms with van der Waals surface area (Å²) >= 11 is 0. The third-order valence-electron chi connectivity index (χ3n) is 16.3. The van der Waals surface area contributed by atoms with Crippen molar-refractivity contribution < 1.29 is 24.2 Å². The van der Waals surface area contributed by atoms with Gasteiger partial charge in [-0.15, -0.1) is 10.2 Å². The molecular formula is C40H65N5O5. The molecule has 2 bridgehead atoms. The lowest BCUT2D eigenvalue weighted by Crippen LogP contribution is -2.69. The van der Waals surface area contributed by atoms with E-state index in [2.05, 4.69) is 78.7 Å². The van der Waals surface area contributed by atoms with Gasteiger partial charge in [0.05, 0.1) is 31.8 Å². The number of aliphatic carboxylic acids is 1. The fourth-order valence-electron chi connectivity index (χ4n) is 12.2. The Labute approximate surface area is 300 Å². The summed E-state index contributed by atoms with van der Waals surface area (Å²) in [6, 6.07) is -0.275. The number of carbonyl (C=O) groups excluding carboxylic acids is 1. The highest BCUT2D eigenvalue weighted by atomic mass is 16.5. The molecule has 0 spiro atoms. The Morgan fingerprint density at radius 3 is 2.42 bits per heavy atom. The lowest BCUT2D eigenvalue weighted by atomic mass is 9.34. The average molecular weight is 696 g/mol. The molecule has 10 heteroatoms. The summed E-state index contributed by atoms with van der Waals surface area (Å²) in [6.07, 6.45) is 7.88. The van der Waals surface area contributed by atoms with Crippen LogP contribution < -0.4 is 5.73 Å². The molecule has 280 valence electrons. The molecule has 50 heavy (non-hydrogen) atoms. The largest absolute Gasteiger partial charge is 0.481 e. The number of nitrogens with two attached hydrogens (primary N) is 1. The van der Waals surface area contributed by atoms with Gasteiger partial charge < -0.3 is 20.3 Å². The van der Waals surface area contributed by atoms with Crippen LogP contribution in [-0.2, 0) is 14.3 Å². The van der Waals surface area contributed by atoms with Crippen molar-refractivity contribution >= 4 is 11.8 Å². The van der Waals surface area contributed by atoms with Crippen LogP contribution in [0, 0.1) is 62.6 Å². The average Bonchev–Trinajstić information content (AvgIpc) is 3.54. The number of carbonyl (C=O) groups is 2. The normalized spacial score (nSPS) is 42.9. The summed E-state index contributed by atoms with van der Waals surface area (Å²) < 4.78 is 13.6. The second-order valence-electron chi connectivity index (χ2n) is 19.2. The Kier molecular flexibility index (Phi) is 9.37. The third-order valence-corrected chi connectivity index (χ3v) is 16.3. The van der Waals surface area contributed by atoms with Gasteiger partial charge in [-0.1, -0.05) is 80.9 Å². The van der Waals surface area contributed by atoms with Crippen LogP contribution in [-0.4, -0.2) is 68.5 Å². The molecule has 6 rings (SSSR count). The van der Waals surface area contributed by atoms with Crippen molar-refractivity contribution in [3.63, 3.8) is 0 Å². The number of fused-ring (bicyclic) bond motifs is 3. The Hall–Kier alpha value is -2.17. The molecule has 1 saturated heterocycles. The number of tetrazole rings is 1. The number of carboxylic acid groups (broad SMARTS) is 1. The minimum atomic E-state index is -0.647. The van der Waals surface area contributed by atoms with Crippen LogP contribution >= 0.6 is 0 Å². The molecule has 1 aliphatic heterocycles. The zero-order valence-corrected chi connectivity index (χ0v) is 32.7. The predicted molar refractivity (Wildman–Crippen MR) is 192 cm³/mol. The van der Waals surface area contributed by atoms with E-state index in [4.69, 9.17) is 20.3 Å². The van der Waals surface area contributed by atoms with E-state index in [1.165, 1.54) is 5.57 Å². The van der Waals surface area contributed by atoms with Gasteiger partial charge in [0.15, 0.2) is 0 Å². The van der Waals surface area contributed by atoms with Crippen LogP contribution in [0.2, 0.25) is 0 Å². The van der Waals surface area contributed by atoms with E-state index >= 15 is 0 Å². The molecule has 4 fully saturated rings. The summed E-state index contributed by atoms with van der Waals surface area (Å²) in [4.78, 5) is 27.8. The van der Waals surface area contributed by atoms with Crippen molar-refractivity contribution in [2.75, 3.05) is 19.8 Å². The van der Waals surface area contributed by atoms with E-state index in [0.717, 1.165) is 32.1 Å². The molecule has 3 saturated carbocycles. The molecule has 0 amide bonds. The van der Waals surface area contributed by atoms with Crippen molar-refractivity contribution in [3.8, 4) is 0 Å². The number of Topliss-reactive ketones (excluding diaryl/α,β-unsaturated/α-hetero) is 1. The molecule has 4 aliphatic carbocycles. The number of ketones is 1. The van der Waals surface area contributed by atoms with Gasteiger partial charge >= 0.3 is 5.97 Å². The highest BCUT2D eigenvalue weighted by molar-refractivity contribution is 5.91. The zero-order chi connectivity index (χ0) is 36.8. The summed E-state index contributed by atoms with van der Waals surface area (Å²) in [6.45, 7) is 25.7. The van der Waals surface area contributed by atoms with Gasteiger partial charge in [0.25, 0.3) is 0 Å². The zero-order valence-electron chi connectivity index (χ0n) is 32.7. The Balaban J connectivity index is 1.46. The van der Waals surface area contributed by atoms with Crippen LogP contribution in [0.3, 0.4) is 0 Å². The van der Waals surface area contributed by atoms with Gasteiger partial charge in [-0.25, -0.2) is 0 Å². The molecule has 0 radical (unpaired) electrons. The van der Waals surface area contributed by atoms with Crippen molar-refractivity contribution in [3.05, 3.63) is 17.5 Å². The highest BCUT2D eigenvalue weighted by Crippen LogP contribution is 2.75. The summed E-state index contributed by atoms with van der Waals surface area (Å²) in [7, 11) is 0. The molecule has 2 unspecified atom stereocenters. The van der Waals surface area contributed by atoms with Gasteiger partial charge in [0.2, 0.25) is 11.6 Å². The lowest BCUT2D eigenvalue weighted by molar-refractivity contribution is -0.253. The van der Waals surface area contributed by atoms with Crippen molar-refractivity contribution in [2.24, 2.45) is 68.3 Å². The second kappa shape index (κ2) is 12.5. The second-order valence-corrected chi connectivity index (χ2v) is 19.2. The number of hydrogen-bond acceptors (Lipinski definition) is 8. The summed E-state index contributed by atoms with van der Waals surface area (Å²) in [5.74, 6) is 0.381. The maximum Gasteiger partial charge on any atom is 0.307 e. The fraction of sp³-hybridized carbons (Fsp3) is 0.875. The number of rotatable bonds is 10. The quantitative estimate of drug-likeness (QED) is 0.193. The first-order valence-corrected chi connectivity index (χ1v) is 19.5. The van der Waals surface area contributed by atoms with E-state index in [-0.39, 0.29) is 57.2 Å². The van der Waals surface area contributed by atoms with Crippen molar-refractivity contribution in [1.29, 1.82) is 0 Å². The molecule has 3 N–H and O–H groups in total. The van der Waals surface area contributed by atoms with E-state index in [0.29, 0.717) is 50.4 Å². The molecule has 2 heterocycles. The molecule has 1 aromatic rings. The molecule has 12 atom stereocenters. The van der Waals surface area contributed by atoms with Crippen LogP contribution in [0.25, 0.3) is 0 Å². The minimum Gasteiger partial charge on any atom is -0.481 e. The van der Waals surface area contributed by atoms with E-state index < -0.39 is 22.8 Å². The summed E-state index contributed by atoms with van der Waals surface area (Å²) in [5.41, 5.74) is 6.18. The number of nitrogens with zero attached hydrogens (tertiary/aromatic N) is 4. The van der Waals surface area contributed by atoms with Crippen molar-refractivity contribution in [2.45, 2.75) is 139 Å². The third kappa shape index (κ3) is 5.22. The standard InChI is InChI=1S/C40H65N5O5/c1-12-29(46)33-42-44-45(43-33)28-19-40-22-49-20-36(8,32(28)50-21-39(11,41)24(4)5)30(40)14-13-26-27(40)15-16-38(10)31(34(47)48)35(7,25(6)23(2)3)17-18-37(26,38)9/h15,23-26,28,30-32H,12-14,16-22,41H2,1-11H3,(H,47,48)/t25-,26+,28-,30+,31?,32+,35-,36?,37-,38+,39+,40+/m1/s1. The SMILES string of the molecule is CCC(=O)c1nnn([C@@H]2C[C@@]34COCC(C)([C@H]2OC[C@](C)(N)C(C)C)[C@@H]3CC[C@H]2C4=CC[C@@]3(C)C(C(=O)O)[C@@](C)([C@H](C)C(C)C)CC[C@]23C)n1. The first kappa shape index (κ1) is 37.6. The monoisotopic (exact) mass is 695 g/mol. The first-order valence-electron chi connectivity index (χ1n) is 19.5. The summed E-state index contributed by atoms with van der Waals surface area (Å²) in [5, 5.41) is 24.5. The van der Waals surface area contributed by atoms with Crippen molar-refractivity contribution in [1.82, 2.24) is 20.2 Å². The van der Waals surface area contributed by atoms with E-state index in [1.807, 2.05) is 13.8 Å².